The number of para-hydroxylation sites is 2. The van der Waals surface area contributed by atoms with E-state index in [0.717, 1.165) is 0 Å². The van der Waals surface area contributed by atoms with E-state index in [4.69, 9.17) is 59.6 Å². The van der Waals surface area contributed by atoms with Crippen molar-refractivity contribution in [2.75, 3.05) is 0 Å². The van der Waals surface area contributed by atoms with Crippen LogP contribution in [0.15, 0.2) is 323 Å². The Hall–Kier alpha value is -11.1. The second kappa shape index (κ2) is 20.5. The molecule has 0 saturated heterocycles. The smallest absolute Gasteiger partial charge is 0.136 e. The Morgan fingerprint density at radius 3 is 0.786 bits per heavy atom. The van der Waals surface area contributed by atoms with Crippen molar-refractivity contribution < 1.29 is 80.1 Å². The molecule has 0 aliphatic rings. The fourth-order valence-electron chi connectivity index (χ4n) is 10.0. The van der Waals surface area contributed by atoms with Crippen LogP contribution in [0.2, 0.25) is 0 Å². The molecule has 0 aliphatic carbocycles. The molecular weight excluding hydrogens is 1020 g/mol. The van der Waals surface area contributed by atoms with Gasteiger partial charge in [0.2, 0.25) is 0 Å². The maximum absolute atomic E-state index is 9.52. The summed E-state index contributed by atoms with van der Waals surface area (Å²) in [6, 6.07) is -49.7. The Bertz CT molecular complexity index is 8350. The van der Waals surface area contributed by atoms with Gasteiger partial charge in [0.25, 0.3) is 0 Å². The molecule has 0 fully saturated rings. The number of rotatable bonds is 7. The first-order valence-corrected chi connectivity index (χ1v) is 24.6. The van der Waals surface area contributed by atoms with Crippen molar-refractivity contribution >= 4 is 87.0 Å². The Labute approximate surface area is 559 Å². The second-order valence-corrected chi connectivity index (χ2v) is 17.8. The zero-order valence-electron chi connectivity index (χ0n) is 93.8. The zero-order chi connectivity index (χ0) is 101. The van der Waals surface area contributed by atoms with E-state index in [1.807, 2.05) is 0 Å². The standard InChI is InChI=1S/C44H28O.C38H24O/c1-2-13-29(14-3-1)30-25-27-31(28-26-30)32-15-4-5-16-33(32)42-34-17-6-8-19-36(34)43(37-20-9-7-18-35(37)42)39-22-12-24-41-44(39)38-21-10-11-23-40(38)45-41;1-2-13-25(14-3-1)26-15-4-5-16-27(26)36-28-17-6-8-19-30(28)37(31-20-9-7-18-29(31)36)33-22-12-24-35-38(33)32-21-10-11-23-34(32)39-35/h1-28H;1-24H/i1D,2D,3D,4D,5D,6D,7D,8D,9D,10D,11D,12D,13D,14D,15D,16D,17D,18D,19D,20D,21D,22D,23D,24D,25D,26D,27D,28D;1D,2D,3D,4D,5D,6D,7D,8D,9D,10D,11D,12D,13D,14D,15D,16D,17D,18D,19D,20D,21D,22D,23D,24D. The van der Waals surface area contributed by atoms with E-state index in [1.165, 1.54) is 0 Å². The molecule has 84 heavy (non-hydrogen) atoms. The number of benzene rings is 15. The zero-order valence-corrected chi connectivity index (χ0v) is 41.8. The number of hydrogen-bond acceptors (Lipinski definition) is 2. The van der Waals surface area contributed by atoms with Crippen molar-refractivity contribution in [1.82, 2.24) is 0 Å². The van der Waals surface area contributed by atoms with Crippen LogP contribution >= 0.6 is 0 Å². The van der Waals surface area contributed by atoms with Gasteiger partial charge in [0, 0.05) is 21.5 Å². The first-order chi connectivity index (χ1) is 63.3. The monoisotopic (exact) mass is 1120 g/mol. The quantitative estimate of drug-likeness (QED) is 0.149. The van der Waals surface area contributed by atoms with Crippen LogP contribution in [0, 0.1) is 0 Å². The lowest BCUT2D eigenvalue weighted by Crippen LogP contribution is -1.93. The van der Waals surface area contributed by atoms with Gasteiger partial charge in [0.15, 0.2) is 0 Å². The number of hydrogen-bond donors (Lipinski definition) is 0. The molecule has 0 aliphatic heterocycles. The Kier molecular flexibility index (Phi) is 4.70. The maximum atomic E-state index is 9.52. The van der Waals surface area contributed by atoms with Crippen LogP contribution < -0.4 is 0 Å². The molecule has 0 atom stereocenters. The van der Waals surface area contributed by atoms with E-state index in [0.29, 0.717) is 0 Å². The average Bonchev–Trinajstić information content (AvgIpc) is 1.23. The van der Waals surface area contributed by atoms with Crippen LogP contribution in [0.3, 0.4) is 0 Å². The highest BCUT2D eigenvalue weighted by Gasteiger charge is 2.24. The van der Waals surface area contributed by atoms with Crippen LogP contribution in [0.1, 0.15) is 71.3 Å². The average molecular weight is 1120 g/mol. The third-order valence-electron chi connectivity index (χ3n) is 13.4. The van der Waals surface area contributed by atoms with Crippen LogP contribution in [0.25, 0.3) is 165 Å². The summed E-state index contributed by atoms with van der Waals surface area (Å²) >= 11 is 0. The summed E-state index contributed by atoms with van der Waals surface area (Å²) in [5, 5.41) is -7.95. The number of furan rings is 2. The van der Waals surface area contributed by atoms with Gasteiger partial charge in [0.05, 0.1) is 71.3 Å². The van der Waals surface area contributed by atoms with Gasteiger partial charge in [0.1, 0.15) is 22.3 Å². The molecule has 2 heteroatoms. The predicted molar refractivity (Wildman–Crippen MR) is 356 cm³/mol. The van der Waals surface area contributed by atoms with Gasteiger partial charge >= 0.3 is 0 Å². The molecule has 15 aromatic carbocycles. The van der Waals surface area contributed by atoms with Gasteiger partial charge in [-0.05, 0) is 145 Å². The molecule has 0 bridgehead atoms. The Morgan fingerprint density at radius 1 is 0.167 bits per heavy atom. The minimum atomic E-state index is -1.13. The summed E-state index contributed by atoms with van der Waals surface area (Å²) in [4.78, 5) is 0. The fraction of sp³-hybridized carbons (Fsp3) is 0. The summed E-state index contributed by atoms with van der Waals surface area (Å²) in [6.45, 7) is 0. The molecule has 2 heterocycles. The van der Waals surface area contributed by atoms with Crippen molar-refractivity contribution in [2.45, 2.75) is 0 Å². The van der Waals surface area contributed by atoms with E-state index in [1.54, 1.807) is 0 Å². The Balaban J connectivity index is 0.000000199. The first-order valence-electron chi connectivity index (χ1n) is 50.6. The molecule has 0 spiro atoms. The van der Waals surface area contributed by atoms with Gasteiger partial charge in [-0.3, -0.25) is 0 Å². The lowest BCUT2D eigenvalue weighted by molar-refractivity contribution is 0.668. The van der Waals surface area contributed by atoms with E-state index >= 15 is 0 Å². The summed E-state index contributed by atoms with van der Waals surface area (Å²) in [7, 11) is 0. The predicted octanol–water partition coefficient (Wildman–Crippen LogP) is 23.5. The van der Waals surface area contributed by atoms with Crippen molar-refractivity contribution in [3.05, 3.63) is 314 Å². The van der Waals surface area contributed by atoms with Gasteiger partial charge < -0.3 is 8.83 Å². The van der Waals surface area contributed by atoms with Crippen LogP contribution in [-0.4, -0.2) is 0 Å². The minimum Gasteiger partial charge on any atom is -0.456 e. The summed E-state index contributed by atoms with van der Waals surface area (Å²) < 4.78 is 475. The lowest BCUT2D eigenvalue weighted by atomic mass is 9.83. The second-order valence-electron chi connectivity index (χ2n) is 17.8. The highest BCUT2D eigenvalue weighted by atomic mass is 16.3. The summed E-state index contributed by atoms with van der Waals surface area (Å²) in [5.74, 6) is 0. The van der Waals surface area contributed by atoms with Gasteiger partial charge in [-0.1, -0.05) is 290 Å². The molecule has 0 unspecified atom stereocenters. The van der Waals surface area contributed by atoms with Gasteiger partial charge in [-0.25, -0.2) is 0 Å². The molecule has 0 saturated carbocycles. The van der Waals surface area contributed by atoms with Crippen LogP contribution in [-0.2, 0) is 0 Å². The van der Waals surface area contributed by atoms with E-state index < -0.39 is 479 Å². The highest BCUT2D eigenvalue weighted by Crippen LogP contribution is 2.51. The molecule has 17 aromatic rings. The van der Waals surface area contributed by atoms with E-state index in [2.05, 4.69) is 0 Å². The molecular formula is C82H52O2. The maximum Gasteiger partial charge on any atom is 0.136 e. The van der Waals surface area contributed by atoms with Gasteiger partial charge in [-0.15, -0.1) is 0 Å². The molecule has 2 nitrogen and oxygen atoms in total. The van der Waals surface area contributed by atoms with Gasteiger partial charge in [-0.2, -0.15) is 0 Å². The Morgan fingerprint density at radius 2 is 0.405 bits per heavy atom. The third-order valence-corrected chi connectivity index (χ3v) is 13.4. The summed E-state index contributed by atoms with van der Waals surface area (Å²) in [5.41, 5.74) is -13.4. The summed E-state index contributed by atoms with van der Waals surface area (Å²) in [6.07, 6.45) is 0. The normalized spacial score (nSPS) is 20.2. The topological polar surface area (TPSA) is 26.3 Å². The SMILES string of the molecule is [2H]c1c([2H])c([2H])c(-c2c([2H])c([2H])c(-c3c([2H])c([2H])c([2H])c([2H])c3-c3c4c([2H])c([2H])c([2H])c([2H])c4c(-c4c([2H])c([2H])c([2H])c5oc6c([2H])c([2H])c([2H])c([2H])c6c45)c4c([2H])c([2H])c([2H])c([2H])c34)c([2H])c2[2H])c([2H])c1[2H].[2H]c1c([2H])c([2H])c(-c2c([2H])c([2H])c([2H])c([2H])c2-c2c3c([2H])c([2H])c([2H])c([2H])c3c(-c3c([2H])c([2H])c([2H])c4oc5c([2H])c([2H])c([2H])c([2H])c5c34)c3c([2H])c([2H])c([2H])c([2H])c23)c([2H])c1[2H]. The third kappa shape index (κ3) is 8.10. The molecule has 2 aromatic heterocycles. The molecule has 392 valence electrons. The minimum absolute atomic E-state index is 0.458. The molecule has 0 N–H and O–H groups in total. The lowest BCUT2D eigenvalue weighted by Gasteiger charge is -2.20. The largest absolute Gasteiger partial charge is 0.456 e. The molecule has 17 rings (SSSR count). The van der Waals surface area contributed by atoms with Crippen molar-refractivity contribution in [3.63, 3.8) is 0 Å². The van der Waals surface area contributed by atoms with Crippen molar-refractivity contribution in [1.29, 1.82) is 0 Å². The fourth-order valence-corrected chi connectivity index (χ4v) is 10.0. The van der Waals surface area contributed by atoms with E-state index in [-0.39, 0.29) is 0 Å². The van der Waals surface area contributed by atoms with Crippen molar-refractivity contribution in [3.8, 4) is 77.9 Å². The van der Waals surface area contributed by atoms with E-state index in [9.17, 15) is 20.6 Å². The molecule has 0 radical (unpaired) electrons. The number of fused-ring (bicyclic) bond motifs is 10. The van der Waals surface area contributed by atoms with Crippen LogP contribution in [0.4, 0.5) is 0 Å². The first kappa shape index (κ1) is 19.3. The highest BCUT2D eigenvalue weighted by molar-refractivity contribution is 6.28. The van der Waals surface area contributed by atoms with Crippen molar-refractivity contribution in [2.24, 2.45) is 0 Å². The van der Waals surface area contributed by atoms with Crippen LogP contribution in [0.5, 0.6) is 0 Å². The molecule has 0 amide bonds.